The smallest absolute Gasteiger partial charge is 0.209 e. The van der Waals surface area contributed by atoms with Gasteiger partial charge < -0.3 is 20.7 Å². The van der Waals surface area contributed by atoms with Crippen molar-refractivity contribution in [1.82, 2.24) is 9.78 Å². The molecular weight excluding hydrogens is 378 g/mol. The van der Waals surface area contributed by atoms with Gasteiger partial charge in [-0.3, -0.25) is 4.79 Å². The number of rotatable bonds is 6. The highest BCUT2D eigenvalue weighted by Crippen LogP contribution is 2.19. The number of nitrogens with two attached hydrogens (primary N) is 1. The monoisotopic (exact) mass is 403 g/mol. The molecule has 2 heterocycles. The molecule has 3 N–H and O–H groups in total. The maximum Gasteiger partial charge on any atom is 0.209 e. The molecule has 0 aliphatic carbocycles. The van der Waals surface area contributed by atoms with Crippen LogP contribution >= 0.6 is 0 Å². The van der Waals surface area contributed by atoms with Gasteiger partial charge in [0.15, 0.2) is 5.69 Å². The van der Waals surface area contributed by atoms with E-state index < -0.39 is 0 Å². The van der Waals surface area contributed by atoms with Crippen molar-refractivity contribution in [2.24, 2.45) is 5.73 Å². The molecule has 1 aromatic heterocycles. The van der Waals surface area contributed by atoms with Crippen LogP contribution in [0, 0.1) is 0 Å². The number of nitrogens with one attached hydrogen (secondary N) is 1. The Morgan fingerprint density at radius 2 is 1.73 bits per heavy atom. The predicted molar refractivity (Wildman–Crippen MR) is 120 cm³/mol. The molecule has 0 atom stereocenters. The van der Waals surface area contributed by atoms with Crippen LogP contribution in [0.2, 0.25) is 0 Å². The first kappa shape index (κ1) is 19.9. The van der Waals surface area contributed by atoms with Crippen LogP contribution in [0.3, 0.4) is 0 Å². The van der Waals surface area contributed by atoms with Crippen molar-refractivity contribution in [2.75, 3.05) is 43.1 Å². The Labute approximate surface area is 175 Å². The highest BCUT2D eigenvalue weighted by atomic mass is 16.5. The van der Waals surface area contributed by atoms with E-state index in [-0.39, 0.29) is 5.43 Å². The lowest BCUT2D eigenvalue weighted by Crippen LogP contribution is -2.36. The summed E-state index contributed by atoms with van der Waals surface area (Å²) in [7, 11) is 0. The second-order valence-corrected chi connectivity index (χ2v) is 6.93. The maximum absolute atomic E-state index is 12.6. The van der Waals surface area contributed by atoms with Crippen LogP contribution in [0.25, 0.3) is 11.4 Å². The molecule has 1 aliphatic rings. The Hall–Kier alpha value is -3.42. The first-order valence-corrected chi connectivity index (χ1v) is 10.0. The summed E-state index contributed by atoms with van der Waals surface area (Å²) in [6.45, 7) is 3.56. The van der Waals surface area contributed by atoms with Gasteiger partial charge in [0, 0.05) is 43.3 Å². The van der Waals surface area contributed by atoms with Crippen molar-refractivity contribution in [3.63, 3.8) is 0 Å². The van der Waals surface area contributed by atoms with Gasteiger partial charge in [0.25, 0.3) is 0 Å². The van der Waals surface area contributed by atoms with E-state index in [2.05, 4.69) is 27.4 Å². The third kappa shape index (κ3) is 4.59. The molecule has 7 heteroatoms. The number of hydrogen-bond acceptors (Lipinski definition) is 6. The molecule has 1 saturated heterocycles. The summed E-state index contributed by atoms with van der Waals surface area (Å²) in [5.74, 6) is 0. The maximum atomic E-state index is 12.6. The topological polar surface area (TPSA) is 85.4 Å². The fraction of sp³-hybridized carbons (Fsp3) is 0.217. The zero-order chi connectivity index (χ0) is 20.8. The summed E-state index contributed by atoms with van der Waals surface area (Å²) in [5, 5.41) is 7.84. The molecule has 0 bridgehead atoms. The quantitative estimate of drug-likeness (QED) is 0.658. The van der Waals surface area contributed by atoms with Crippen LogP contribution in [0.4, 0.5) is 11.4 Å². The number of ether oxygens (including phenoxy) is 1. The van der Waals surface area contributed by atoms with Crippen LogP contribution in [0.15, 0.2) is 77.7 Å². The highest BCUT2D eigenvalue weighted by molar-refractivity contribution is 5.74. The zero-order valence-electron chi connectivity index (χ0n) is 16.7. The Morgan fingerprint density at radius 3 is 2.43 bits per heavy atom. The second kappa shape index (κ2) is 9.39. The van der Waals surface area contributed by atoms with Gasteiger partial charge in [-0.15, -0.1) is 0 Å². The van der Waals surface area contributed by atoms with Gasteiger partial charge in [0.05, 0.1) is 24.6 Å². The standard InChI is InChI=1S/C23H25N5O2/c24-12-10-21(25-18-4-2-1-3-5-18)23-22(29)11-13-28(26-23)20-8-6-19(7-9-20)27-14-16-30-17-15-27/h1-11,13,25H,12,14-17,24H2/b21-10-. The van der Waals surface area contributed by atoms with Crippen LogP contribution in [-0.2, 0) is 4.74 Å². The lowest BCUT2D eigenvalue weighted by atomic mass is 10.2. The minimum absolute atomic E-state index is 0.167. The van der Waals surface area contributed by atoms with Crippen molar-refractivity contribution < 1.29 is 4.74 Å². The van der Waals surface area contributed by atoms with E-state index in [1.807, 2.05) is 42.5 Å². The average molecular weight is 403 g/mol. The van der Waals surface area contributed by atoms with E-state index in [0.717, 1.165) is 43.4 Å². The van der Waals surface area contributed by atoms with E-state index in [4.69, 9.17) is 10.5 Å². The number of aromatic nitrogens is 2. The fourth-order valence-corrected chi connectivity index (χ4v) is 3.38. The average Bonchev–Trinajstić information content (AvgIpc) is 2.81. The predicted octanol–water partition coefficient (Wildman–Crippen LogP) is 2.48. The first-order valence-electron chi connectivity index (χ1n) is 10.0. The summed E-state index contributed by atoms with van der Waals surface area (Å²) in [6.07, 6.45) is 3.45. The molecule has 2 aromatic carbocycles. The van der Waals surface area contributed by atoms with E-state index >= 15 is 0 Å². The molecule has 0 amide bonds. The van der Waals surface area contributed by atoms with Gasteiger partial charge >= 0.3 is 0 Å². The van der Waals surface area contributed by atoms with Crippen molar-refractivity contribution in [3.05, 3.63) is 88.9 Å². The van der Waals surface area contributed by atoms with Gasteiger partial charge in [0.1, 0.15) is 0 Å². The van der Waals surface area contributed by atoms with Crippen molar-refractivity contribution in [3.8, 4) is 5.69 Å². The van der Waals surface area contributed by atoms with Crippen LogP contribution < -0.4 is 21.4 Å². The van der Waals surface area contributed by atoms with Crippen LogP contribution in [0.5, 0.6) is 0 Å². The molecule has 4 rings (SSSR count). The third-order valence-corrected chi connectivity index (χ3v) is 4.93. The Kier molecular flexibility index (Phi) is 6.22. The molecule has 1 fully saturated rings. The lowest BCUT2D eigenvalue weighted by molar-refractivity contribution is 0.122. The van der Waals surface area contributed by atoms with Gasteiger partial charge in [-0.25, -0.2) is 4.68 Å². The van der Waals surface area contributed by atoms with Crippen LogP contribution in [-0.4, -0.2) is 42.6 Å². The first-order chi connectivity index (χ1) is 14.7. The molecule has 0 saturated carbocycles. The van der Waals surface area contributed by atoms with E-state index in [1.54, 1.807) is 17.0 Å². The summed E-state index contributed by atoms with van der Waals surface area (Å²) >= 11 is 0. The zero-order valence-corrected chi connectivity index (χ0v) is 16.7. The molecule has 3 aromatic rings. The number of para-hydroxylation sites is 1. The summed E-state index contributed by atoms with van der Waals surface area (Å²) in [4.78, 5) is 14.8. The largest absolute Gasteiger partial charge is 0.378 e. The minimum Gasteiger partial charge on any atom is -0.378 e. The molecular formula is C23H25N5O2. The highest BCUT2D eigenvalue weighted by Gasteiger charge is 2.13. The normalized spacial score (nSPS) is 14.6. The van der Waals surface area contributed by atoms with Gasteiger partial charge in [-0.1, -0.05) is 18.2 Å². The number of morpholine rings is 1. The molecule has 1 aliphatic heterocycles. The van der Waals surface area contributed by atoms with Crippen molar-refractivity contribution >= 4 is 17.1 Å². The molecule has 0 radical (unpaired) electrons. The van der Waals surface area contributed by atoms with Crippen molar-refractivity contribution in [1.29, 1.82) is 0 Å². The number of benzene rings is 2. The van der Waals surface area contributed by atoms with E-state index in [0.29, 0.717) is 17.9 Å². The molecule has 7 nitrogen and oxygen atoms in total. The molecule has 0 unspecified atom stereocenters. The van der Waals surface area contributed by atoms with Gasteiger partial charge in [-0.05, 0) is 42.5 Å². The molecule has 0 spiro atoms. The SMILES string of the molecule is NC/C=C(\Nc1ccccc1)c1nn(-c2ccc(N3CCOCC3)cc2)ccc1=O. The van der Waals surface area contributed by atoms with Gasteiger partial charge in [-0.2, -0.15) is 5.10 Å². The Bertz CT molecular complexity index is 1050. The van der Waals surface area contributed by atoms with E-state index in [9.17, 15) is 4.79 Å². The Balaban J connectivity index is 1.62. The van der Waals surface area contributed by atoms with E-state index in [1.165, 1.54) is 6.07 Å². The fourth-order valence-electron chi connectivity index (χ4n) is 3.38. The molecule has 154 valence electrons. The molecule has 30 heavy (non-hydrogen) atoms. The number of nitrogens with zero attached hydrogens (tertiary/aromatic N) is 3. The minimum atomic E-state index is -0.167. The Morgan fingerprint density at radius 1 is 1.03 bits per heavy atom. The van der Waals surface area contributed by atoms with Crippen molar-refractivity contribution in [2.45, 2.75) is 0 Å². The third-order valence-electron chi connectivity index (χ3n) is 4.93. The summed E-state index contributed by atoms with van der Waals surface area (Å²) in [6, 6.07) is 19.3. The van der Waals surface area contributed by atoms with Gasteiger partial charge in [0.2, 0.25) is 5.43 Å². The number of anilines is 2. The number of hydrogen-bond donors (Lipinski definition) is 2. The summed E-state index contributed by atoms with van der Waals surface area (Å²) in [5.41, 5.74) is 9.38. The summed E-state index contributed by atoms with van der Waals surface area (Å²) < 4.78 is 7.12. The van der Waals surface area contributed by atoms with Crippen LogP contribution in [0.1, 0.15) is 5.69 Å². The second-order valence-electron chi connectivity index (χ2n) is 6.93. The lowest BCUT2D eigenvalue weighted by Gasteiger charge is -2.28.